The van der Waals surface area contributed by atoms with Gasteiger partial charge in [-0.05, 0) is 24.6 Å². The normalized spacial score (nSPS) is 10.9. The summed E-state index contributed by atoms with van der Waals surface area (Å²) in [7, 11) is 0. The zero-order valence-electron chi connectivity index (χ0n) is 9.21. The van der Waals surface area contributed by atoms with Crippen LogP contribution in [0.2, 0.25) is 5.02 Å². The summed E-state index contributed by atoms with van der Waals surface area (Å²) in [5.41, 5.74) is 3.57. The van der Waals surface area contributed by atoms with E-state index in [9.17, 15) is 0 Å². The monoisotopic (exact) mass is 240 g/mol. The lowest BCUT2D eigenvalue weighted by molar-refractivity contribution is 1.44. The van der Waals surface area contributed by atoms with Gasteiger partial charge >= 0.3 is 0 Å². The molecule has 0 bridgehead atoms. The number of nitrogens with one attached hydrogen (secondary N) is 1. The lowest BCUT2D eigenvalue weighted by atomic mass is 10.1. The van der Waals surface area contributed by atoms with Gasteiger partial charge in [0.15, 0.2) is 0 Å². The molecule has 1 N–H and O–H groups in total. The molecule has 0 radical (unpaired) electrons. The summed E-state index contributed by atoms with van der Waals surface area (Å²) in [5.74, 6) is 0. The van der Waals surface area contributed by atoms with Gasteiger partial charge in [-0.15, -0.1) is 0 Å². The third kappa shape index (κ3) is 1.33. The molecule has 0 amide bonds. The molecule has 3 heteroatoms. The predicted molar refractivity (Wildman–Crippen MR) is 70.3 cm³/mol. The molecule has 0 atom stereocenters. The average Bonchev–Trinajstić information content (AvgIpc) is 2.73. The Labute approximate surface area is 103 Å². The molecular weight excluding hydrogens is 232 g/mol. The van der Waals surface area contributed by atoms with Crippen LogP contribution in [-0.4, -0.2) is 4.98 Å². The van der Waals surface area contributed by atoms with E-state index in [1.165, 1.54) is 0 Å². The van der Waals surface area contributed by atoms with Crippen LogP contribution in [0, 0.1) is 18.3 Å². The second kappa shape index (κ2) is 3.51. The molecule has 3 aromatic rings. The number of aromatic nitrogens is 1. The van der Waals surface area contributed by atoms with Gasteiger partial charge in [0.05, 0.1) is 16.6 Å². The number of nitriles is 1. The maximum Gasteiger partial charge on any atom is 0.101 e. The molecule has 82 valence electrons. The molecular formula is C14H9ClN2. The van der Waals surface area contributed by atoms with Crippen molar-refractivity contribution in [2.24, 2.45) is 0 Å². The summed E-state index contributed by atoms with van der Waals surface area (Å²) in [6.45, 7) is 1.98. The Morgan fingerprint density at radius 3 is 2.65 bits per heavy atom. The molecule has 2 aromatic carbocycles. The molecule has 0 aliphatic carbocycles. The zero-order chi connectivity index (χ0) is 12.0. The van der Waals surface area contributed by atoms with Gasteiger partial charge < -0.3 is 4.98 Å². The van der Waals surface area contributed by atoms with Crippen molar-refractivity contribution in [3.05, 3.63) is 46.5 Å². The van der Waals surface area contributed by atoms with Crippen LogP contribution in [0.3, 0.4) is 0 Å². The number of aromatic amines is 1. The van der Waals surface area contributed by atoms with Crippen LogP contribution < -0.4 is 0 Å². The number of rotatable bonds is 0. The second-order valence-electron chi connectivity index (χ2n) is 4.06. The van der Waals surface area contributed by atoms with E-state index >= 15 is 0 Å². The number of H-pyrrole nitrogens is 1. The molecule has 0 saturated heterocycles. The summed E-state index contributed by atoms with van der Waals surface area (Å²) in [6, 6.07) is 11.8. The van der Waals surface area contributed by atoms with Crippen LogP contribution in [0.15, 0.2) is 30.3 Å². The molecule has 2 nitrogen and oxygen atoms in total. The Morgan fingerprint density at radius 2 is 1.88 bits per heavy atom. The molecule has 0 fully saturated rings. The van der Waals surface area contributed by atoms with Crippen molar-refractivity contribution >= 4 is 33.4 Å². The van der Waals surface area contributed by atoms with Crippen LogP contribution in [0.4, 0.5) is 0 Å². The third-order valence-corrected chi connectivity index (χ3v) is 3.53. The van der Waals surface area contributed by atoms with E-state index in [2.05, 4.69) is 11.1 Å². The van der Waals surface area contributed by atoms with Crippen LogP contribution in [0.5, 0.6) is 0 Å². The molecule has 1 heterocycles. The molecule has 0 spiro atoms. The highest BCUT2D eigenvalue weighted by Crippen LogP contribution is 2.32. The number of fused-ring (bicyclic) bond motifs is 3. The molecule has 0 unspecified atom stereocenters. The van der Waals surface area contributed by atoms with Gasteiger partial charge in [0, 0.05) is 15.8 Å². The van der Waals surface area contributed by atoms with E-state index < -0.39 is 0 Å². The number of aryl methyl sites for hydroxylation is 1. The number of hydrogen-bond donors (Lipinski definition) is 1. The van der Waals surface area contributed by atoms with Crippen molar-refractivity contribution in [2.75, 3.05) is 0 Å². The van der Waals surface area contributed by atoms with E-state index in [-0.39, 0.29) is 0 Å². The number of halogens is 1. The van der Waals surface area contributed by atoms with Gasteiger partial charge in [-0.2, -0.15) is 5.26 Å². The van der Waals surface area contributed by atoms with Gasteiger partial charge in [-0.1, -0.05) is 29.8 Å². The smallest absolute Gasteiger partial charge is 0.101 e. The summed E-state index contributed by atoms with van der Waals surface area (Å²) in [5, 5.41) is 12.0. The lowest BCUT2D eigenvalue weighted by Crippen LogP contribution is -1.78. The maximum absolute atomic E-state index is 9.09. The topological polar surface area (TPSA) is 39.6 Å². The molecule has 0 aliphatic heterocycles. The first-order valence-electron chi connectivity index (χ1n) is 5.32. The highest BCUT2D eigenvalue weighted by Gasteiger charge is 2.10. The van der Waals surface area contributed by atoms with Gasteiger partial charge in [0.1, 0.15) is 6.07 Å². The van der Waals surface area contributed by atoms with Gasteiger partial charge in [-0.25, -0.2) is 0 Å². The highest BCUT2D eigenvalue weighted by atomic mass is 35.5. The number of benzene rings is 2. The first-order chi connectivity index (χ1) is 8.22. The van der Waals surface area contributed by atoms with Crippen molar-refractivity contribution in [3.63, 3.8) is 0 Å². The number of hydrogen-bond acceptors (Lipinski definition) is 1. The van der Waals surface area contributed by atoms with Crippen LogP contribution in [0.25, 0.3) is 21.8 Å². The minimum absolute atomic E-state index is 0.661. The van der Waals surface area contributed by atoms with Crippen molar-refractivity contribution in [2.45, 2.75) is 6.92 Å². The predicted octanol–water partition coefficient (Wildman–Crippen LogP) is 4.15. The first kappa shape index (κ1) is 10.2. The molecule has 3 rings (SSSR count). The summed E-state index contributed by atoms with van der Waals surface area (Å²) >= 11 is 6.10. The fraction of sp³-hybridized carbons (Fsp3) is 0.0714. The largest absolute Gasteiger partial charge is 0.353 e. The van der Waals surface area contributed by atoms with Crippen molar-refractivity contribution in [3.8, 4) is 6.07 Å². The molecule has 0 saturated carbocycles. The van der Waals surface area contributed by atoms with Crippen LogP contribution >= 0.6 is 11.6 Å². The highest BCUT2D eigenvalue weighted by molar-refractivity contribution is 6.32. The standard InChI is InChI=1S/C14H9ClN2/c1-8-12(15)6-5-11-10-4-2-3-9(7-16)14(10)17-13(8)11/h2-6,17H,1H3. The minimum atomic E-state index is 0.661. The van der Waals surface area contributed by atoms with Crippen molar-refractivity contribution < 1.29 is 0 Å². The maximum atomic E-state index is 9.09. The lowest BCUT2D eigenvalue weighted by Gasteiger charge is -1.98. The summed E-state index contributed by atoms with van der Waals surface area (Å²) in [6.07, 6.45) is 0. The van der Waals surface area contributed by atoms with Gasteiger partial charge in [-0.3, -0.25) is 0 Å². The van der Waals surface area contributed by atoms with E-state index in [0.29, 0.717) is 5.56 Å². The second-order valence-corrected chi connectivity index (χ2v) is 4.47. The Morgan fingerprint density at radius 1 is 1.12 bits per heavy atom. The Hall–Kier alpha value is -1.98. The Kier molecular flexibility index (Phi) is 2.10. The zero-order valence-corrected chi connectivity index (χ0v) is 9.97. The van der Waals surface area contributed by atoms with E-state index in [1.807, 2.05) is 37.3 Å². The SMILES string of the molecule is Cc1c(Cl)ccc2c1[nH]c1c(C#N)cccc12. The van der Waals surface area contributed by atoms with Crippen molar-refractivity contribution in [1.29, 1.82) is 5.26 Å². The van der Waals surface area contributed by atoms with E-state index in [1.54, 1.807) is 0 Å². The third-order valence-electron chi connectivity index (χ3n) is 3.12. The van der Waals surface area contributed by atoms with Crippen molar-refractivity contribution in [1.82, 2.24) is 4.98 Å². The Balaban J connectivity index is 2.59. The average molecular weight is 241 g/mol. The Bertz CT molecular complexity index is 778. The first-order valence-corrected chi connectivity index (χ1v) is 5.70. The van der Waals surface area contributed by atoms with E-state index in [0.717, 1.165) is 32.4 Å². The molecule has 0 aliphatic rings. The van der Waals surface area contributed by atoms with E-state index in [4.69, 9.17) is 16.9 Å². The van der Waals surface area contributed by atoms with Gasteiger partial charge in [0.2, 0.25) is 0 Å². The molecule has 1 aromatic heterocycles. The number of nitrogens with zero attached hydrogens (tertiary/aromatic N) is 1. The van der Waals surface area contributed by atoms with Gasteiger partial charge in [0.25, 0.3) is 0 Å². The quantitative estimate of drug-likeness (QED) is 0.630. The number of para-hydroxylation sites is 1. The summed E-state index contributed by atoms with van der Waals surface area (Å²) < 4.78 is 0. The fourth-order valence-corrected chi connectivity index (χ4v) is 2.36. The summed E-state index contributed by atoms with van der Waals surface area (Å²) in [4.78, 5) is 3.30. The minimum Gasteiger partial charge on any atom is -0.353 e. The van der Waals surface area contributed by atoms with Crippen LogP contribution in [-0.2, 0) is 0 Å². The molecule has 17 heavy (non-hydrogen) atoms. The van der Waals surface area contributed by atoms with Crippen LogP contribution in [0.1, 0.15) is 11.1 Å². The fourth-order valence-electron chi connectivity index (χ4n) is 2.20.